The quantitative estimate of drug-likeness (QED) is 0.411. The van der Waals surface area contributed by atoms with Gasteiger partial charge in [-0.3, -0.25) is 9.10 Å². The van der Waals surface area contributed by atoms with E-state index in [4.69, 9.17) is 16.3 Å². The van der Waals surface area contributed by atoms with Crippen LogP contribution in [0.25, 0.3) is 0 Å². The van der Waals surface area contributed by atoms with E-state index in [-0.39, 0.29) is 27.2 Å². The summed E-state index contributed by atoms with van der Waals surface area (Å²) >= 11 is 6.14. The SMILES string of the molecule is COc1ccc(N([C@@H](C)C(=O)Nc2ccc(S(=O)(=O)Nc3nccc(C)n3)cc2)S(C)(=O)=O)cc1Cl. The highest BCUT2D eigenvalue weighted by Crippen LogP contribution is 2.31. The Hall–Kier alpha value is -3.42. The van der Waals surface area contributed by atoms with Gasteiger partial charge in [-0.15, -0.1) is 0 Å². The van der Waals surface area contributed by atoms with Crippen molar-refractivity contribution in [2.45, 2.75) is 24.8 Å². The maximum atomic E-state index is 12.9. The van der Waals surface area contributed by atoms with Gasteiger partial charge in [-0.2, -0.15) is 0 Å². The van der Waals surface area contributed by atoms with E-state index in [1.165, 1.54) is 62.7 Å². The molecule has 0 saturated carbocycles. The van der Waals surface area contributed by atoms with Crippen LogP contribution in [0.5, 0.6) is 5.75 Å². The molecule has 0 fully saturated rings. The molecule has 0 radical (unpaired) electrons. The van der Waals surface area contributed by atoms with Crippen molar-refractivity contribution in [2.75, 3.05) is 27.7 Å². The molecule has 2 aromatic carbocycles. The third-order valence-corrected chi connectivity index (χ3v) is 7.81. The minimum atomic E-state index is -3.97. The molecule has 1 amide bonds. The molecule has 3 aromatic rings. The number of carbonyl (C=O) groups excluding carboxylic acids is 1. The van der Waals surface area contributed by atoms with Crippen LogP contribution < -0.4 is 19.1 Å². The average molecular weight is 554 g/mol. The molecule has 1 atom stereocenters. The molecule has 36 heavy (non-hydrogen) atoms. The number of nitrogens with one attached hydrogen (secondary N) is 2. The van der Waals surface area contributed by atoms with Crippen LogP contribution in [0.3, 0.4) is 0 Å². The number of ether oxygens (including phenoxy) is 1. The number of aryl methyl sites for hydroxylation is 1. The summed E-state index contributed by atoms with van der Waals surface area (Å²) in [7, 11) is -6.42. The number of hydrogen-bond acceptors (Lipinski definition) is 8. The summed E-state index contributed by atoms with van der Waals surface area (Å²) in [6.07, 6.45) is 2.40. The first-order valence-corrected chi connectivity index (χ1v) is 14.1. The van der Waals surface area contributed by atoms with Crippen LogP contribution in [0.1, 0.15) is 12.6 Å². The molecule has 11 nitrogen and oxygen atoms in total. The van der Waals surface area contributed by atoms with E-state index in [2.05, 4.69) is 20.0 Å². The lowest BCUT2D eigenvalue weighted by Gasteiger charge is -2.28. The fraction of sp³-hybridized carbons (Fsp3) is 0.227. The Morgan fingerprint density at radius 2 is 1.75 bits per heavy atom. The second-order valence-electron chi connectivity index (χ2n) is 7.69. The van der Waals surface area contributed by atoms with Crippen molar-refractivity contribution in [3.8, 4) is 5.75 Å². The van der Waals surface area contributed by atoms with Gasteiger partial charge in [-0.25, -0.2) is 31.5 Å². The predicted octanol–water partition coefficient (Wildman–Crippen LogP) is 3.04. The summed E-state index contributed by atoms with van der Waals surface area (Å²) in [6, 6.07) is 10.2. The lowest BCUT2D eigenvalue weighted by Crippen LogP contribution is -2.45. The fourth-order valence-electron chi connectivity index (χ4n) is 3.24. The number of carbonyl (C=O) groups is 1. The van der Waals surface area contributed by atoms with E-state index >= 15 is 0 Å². The summed E-state index contributed by atoms with van der Waals surface area (Å²) in [6.45, 7) is 3.12. The van der Waals surface area contributed by atoms with Crippen LogP contribution in [-0.2, 0) is 24.8 Å². The van der Waals surface area contributed by atoms with Gasteiger partial charge in [-0.1, -0.05) is 11.6 Å². The molecule has 2 N–H and O–H groups in total. The van der Waals surface area contributed by atoms with Crippen LogP contribution in [-0.4, -0.2) is 52.1 Å². The number of halogens is 1. The van der Waals surface area contributed by atoms with Crippen LogP contribution >= 0.6 is 11.6 Å². The first kappa shape index (κ1) is 27.2. The molecular formula is C22H24ClN5O6S2. The average Bonchev–Trinajstić information content (AvgIpc) is 2.78. The van der Waals surface area contributed by atoms with Crippen LogP contribution in [0.4, 0.5) is 17.3 Å². The molecule has 0 unspecified atom stereocenters. The van der Waals surface area contributed by atoms with Gasteiger partial charge in [-0.05, 0) is 62.4 Å². The van der Waals surface area contributed by atoms with Gasteiger partial charge < -0.3 is 10.1 Å². The van der Waals surface area contributed by atoms with E-state index in [1.807, 2.05) is 0 Å². The van der Waals surface area contributed by atoms with Gasteiger partial charge in [0.15, 0.2) is 0 Å². The van der Waals surface area contributed by atoms with Crippen molar-refractivity contribution in [3.63, 3.8) is 0 Å². The Kier molecular flexibility index (Phi) is 8.06. The number of benzene rings is 2. The maximum Gasteiger partial charge on any atom is 0.264 e. The van der Waals surface area contributed by atoms with Crippen molar-refractivity contribution in [1.82, 2.24) is 9.97 Å². The van der Waals surface area contributed by atoms with Gasteiger partial charge in [0, 0.05) is 17.6 Å². The number of aromatic nitrogens is 2. The Labute approximate surface area is 214 Å². The number of nitrogens with zero attached hydrogens (tertiary/aromatic N) is 3. The Bertz CT molecular complexity index is 1480. The van der Waals surface area contributed by atoms with Crippen molar-refractivity contribution >= 4 is 54.9 Å². The second kappa shape index (κ2) is 10.7. The molecule has 14 heteroatoms. The standard InChI is InChI=1S/C22H24ClN5O6S2/c1-14-11-12-24-22(25-14)27-36(32,33)18-8-5-16(6-9-18)26-21(29)15(2)28(35(4,30)31)17-7-10-20(34-3)19(23)13-17/h5-13,15H,1-4H3,(H,26,29)(H,24,25,27)/t15-/m0/s1. The van der Waals surface area contributed by atoms with E-state index in [0.29, 0.717) is 11.4 Å². The second-order valence-corrected chi connectivity index (χ2v) is 11.6. The minimum Gasteiger partial charge on any atom is -0.495 e. The van der Waals surface area contributed by atoms with E-state index in [0.717, 1.165) is 10.6 Å². The van der Waals surface area contributed by atoms with Crippen LogP contribution in [0.15, 0.2) is 59.6 Å². The van der Waals surface area contributed by atoms with Crippen molar-refractivity contribution in [2.24, 2.45) is 0 Å². The van der Waals surface area contributed by atoms with Gasteiger partial charge in [0.05, 0.1) is 29.0 Å². The molecular weight excluding hydrogens is 530 g/mol. The van der Waals surface area contributed by atoms with Gasteiger partial charge >= 0.3 is 0 Å². The molecule has 3 rings (SSSR count). The zero-order valence-corrected chi connectivity index (χ0v) is 22.1. The number of amides is 1. The lowest BCUT2D eigenvalue weighted by molar-refractivity contribution is -0.116. The third-order valence-electron chi connectivity index (χ3n) is 4.93. The topological polar surface area (TPSA) is 148 Å². The molecule has 192 valence electrons. The maximum absolute atomic E-state index is 12.9. The lowest BCUT2D eigenvalue weighted by atomic mass is 10.2. The molecule has 0 spiro atoms. The van der Waals surface area contributed by atoms with Crippen molar-refractivity contribution in [3.05, 3.63) is 65.4 Å². The summed E-state index contributed by atoms with van der Waals surface area (Å²) in [5.74, 6) is -0.362. The summed E-state index contributed by atoms with van der Waals surface area (Å²) in [5.41, 5.74) is 1.03. The Morgan fingerprint density at radius 1 is 1.08 bits per heavy atom. The largest absolute Gasteiger partial charge is 0.495 e. The van der Waals surface area contributed by atoms with Crippen molar-refractivity contribution in [1.29, 1.82) is 0 Å². The first-order chi connectivity index (χ1) is 16.8. The molecule has 1 heterocycles. The summed E-state index contributed by atoms with van der Waals surface area (Å²) < 4.78 is 58.6. The summed E-state index contributed by atoms with van der Waals surface area (Å²) in [5, 5.41) is 2.77. The normalized spacial score (nSPS) is 12.5. The molecule has 0 aliphatic heterocycles. The molecule has 0 bridgehead atoms. The number of methoxy groups -OCH3 is 1. The molecule has 1 aromatic heterocycles. The smallest absolute Gasteiger partial charge is 0.264 e. The fourth-order valence-corrected chi connectivity index (χ4v) is 5.61. The first-order valence-electron chi connectivity index (χ1n) is 10.4. The third kappa shape index (κ3) is 6.42. The number of hydrogen-bond donors (Lipinski definition) is 2. The van der Waals surface area contributed by atoms with Crippen LogP contribution in [0.2, 0.25) is 5.02 Å². The summed E-state index contributed by atoms with van der Waals surface area (Å²) in [4.78, 5) is 20.7. The molecule has 0 aliphatic carbocycles. The zero-order chi connectivity index (χ0) is 26.7. The van der Waals surface area contributed by atoms with Gasteiger partial charge in [0.1, 0.15) is 11.8 Å². The Morgan fingerprint density at radius 3 is 2.31 bits per heavy atom. The molecule has 0 aliphatic rings. The van der Waals surface area contributed by atoms with Crippen molar-refractivity contribution < 1.29 is 26.4 Å². The highest BCUT2D eigenvalue weighted by atomic mass is 35.5. The number of sulfonamides is 2. The number of anilines is 3. The van der Waals surface area contributed by atoms with Gasteiger partial charge in [0.25, 0.3) is 10.0 Å². The van der Waals surface area contributed by atoms with E-state index < -0.39 is 32.0 Å². The van der Waals surface area contributed by atoms with Gasteiger partial charge in [0.2, 0.25) is 21.9 Å². The Balaban J connectivity index is 1.78. The molecule has 0 saturated heterocycles. The van der Waals surface area contributed by atoms with Crippen LogP contribution in [0, 0.1) is 6.92 Å². The highest BCUT2D eigenvalue weighted by molar-refractivity contribution is 7.92. The van der Waals surface area contributed by atoms with E-state index in [1.54, 1.807) is 13.0 Å². The zero-order valence-electron chi connectivity index (χ0n) is 19.8. The van der Waals surface area contributed by atoms with E-state index in [9.17, 15) is 21.6 Å². The number of rotatable bonds is 9. The minimum absolute atomic E-state index is 0.0688. The monoisotopic (exact) mass is 553 g/mol. The highest BCUT2D eigenvalue weighted by Gasteiger charge is 2.30. The predicted molar refractivity (Wildman–Crippen MR) is 137 cm³/mol.